The lowest BCUT2D eigenvalue weighted by molar-refractivity contribution is 0.340. The second-order valence-electron chi connectivity index (χ2n) is 3.44. The zero-order valence-corrected chi connectivity index (χ0v) is 9.18. The smallest absolute Gasteiger partial charge is 0.119 e. The molecule has 0 fully saturated rings. The predicted molar refractivity (Wildman–Crippen MR) is 65.3 cm³/mol. The van der Waals surface area contributed by atoms with E-state index in [0.717, 1.165) is 17.0 Å². The Bertz CT molecular complexity index is 483. The molecule has 2 aromatic rings. The van der Waals surface area contributed by atoms with Gasteiger partial charge in [0.2, 0.25) is 0 Å². The van der Waals surface area contributed by atoms with Crippen LogP contribution in [0.2, 0.25) is 0 Å². The lowest BCUT2D eigenvalue weighted by Gasteiger charge is -2.06. The number of benzene rings is 1. The van der Waals surface area contributed by atoms with E-state index in [0.29, 0.717) is 12.3 Å². The van der Waals surface area contributed by atoms with Crippen molar-refractivity contribution in [3.8, 4) is 17.0 Å². The number of anilines is 1. The van der Waals surface area contributed by atoms with E-state index in [2.05, 4.69) is 4.98 Å². The van der Waals surface area contributed by atoms with E-state index in [9.17, 15) is 0 Å². The van der Waals surface area contributed by atoms with E-state index < -0.39 is 0 Å². The highest BCUT2D eigenvalue weighted by Crippen LogP contribution is 2.23. The highest BCUT2D eigenvalue weighted by molar-refractivity contribution is 5.64. The average molecular weight is 214 g/mol. The summed E-state index contributed by atoms with van der Waals surface area (Å²) in [6, 6.07) is 11.5. The molecule has 1 aromatic heterocycles. The van der Waals surface area contributed by atoms with E-state index in [-0.39, 0.29) is 0 Å². The highest BCUT2D eigenvalue weighted by atomic mass is 16.5. The van der Waals surface area contributed by atoms with Gasteiger partial charge in [-0.05, 0) is 31.2 Å². The summed E-state index contributed by atoms with van der Waals surface area (Å²) in [6.45, 7) is 2.62. The summed E-state index contributed by atoms with van der Waals surface area (Å²) in [4.78, 5) is 4.28. The standard InChI is InChI=1S/C13H14N2O/c1-2-16-12-5-3-4-10(8-12)13-9-11(14)6-7-15-13/h3-9H,2H2,1H3,(H2,14,15). The maximum atomic E-state index is 5.72. The van der Waals surface area contributed by atoms with Crippen LogP contribution in [0.15, 0.2) is 42.6 Å². The first-order valence-corrected chi connectivity index (χ1v) is 5.24. The summed E-state index contributed by atoms with van der Waals surface area (Å²) < 4.78 is 5.44. The lowest BCUT2D eigenvalue weighted by atomic mass is 10.1. The second-order valence-corrected chi connectivity index (χ2v) is 3.44. The molecule has 0 radical (unpaired) electrons. The van der Waals surface area contributed by atoms with Crippen LogP contribution in [-0.2, 0) is 0 Å². The van der Waals surface area contributed by atoms with Gasteiger partial charge in [0.1, 0.15) is 5.75 Å². The number of rotatable bonds is 3. The van der Waals surface area contributed by atoms with Gasteiger partial charge in [-0.15, -0.1) is 0 Å². The molecule has 1 aromatic carbocycles. The van der Waals surface area contributed by atoms with Crippen LogP contribution in [0.25, 0.3) is 11.3 Å². The minimum Gasteiger partial charge on any atom is -0.494 e. The minimum absolute atomic E-state index is 0.661. The third-order valence-corrected chi connectivity index (χ3v) is 2.22. The van der Waals surface area contributed by atoms with Crippen molar-refractivity contribution in [2.45, 2.75) is 6.92 Å². The molecule has 0 saturated heterocycles. The highest BCUT2D eigenvalue weighted by Gasteiger charge is 2.01. The summed E-state index contributed by atoms with van der Waals surface area (Å²) in [6.07, 6.45) is 1.71. The molecule has 0 saturated carbocycles. The number of nitrogens with zero attached hydrogens (tertiary/aromatic N) is 1. The Morgan fingerprint density at radius 2 is 2.12 bits per heavy atom. The van der Waals surface area contributed by atoms with E-state index in [4.69, 9.17) is 10.5 Å². The van der Waals surface area contributed by atoms with Crippen LogP contribution in [0.1, 0.15) is 6.92 Å². The Morgan fingerprint density at radius 1 is 1.25 bits per heavy atom. The normalized spacial score (nSPS) is 10.1. The van der Waals surface area contributed by atoms with Gasteiger partial charge in [0.05, 0.1) is 12.3 Å². The molecule has 0 aliphatic carbocycles. The zero-order valence-electron chi connectivity index (χ0n) is 9.18. The number of ether oxygens (including phenoxy) is 1. The molecular formula is C13H14N2O. The van der Waals surface area contributed by atoms with Crippen molar-refractivity contribution in [3.63, 3.8) is 0 Å². The van der Waals surface area contributed by atoms with Crippen molar-refractivity contribution in [2.75, 3.05) is 12.3 Å². The maximum absolute atomic E-state index is 5.72. The van der Waals surface area contributed by atoms with Crippen molar-refractivity contribution in [2.24, 2.45) is 0 Å². The molecule has 2 N–H and O–H groups in total. The molecule has 0 unspecified atom stereocenters. The van der Waals surface area contributed by atoms with Crippen molar-refractivity contribution in [1.29, 1.82) is 0 Å². The number of nitrogen functional groups attached to an aromatic ring is 1. The minimum atomic E-state index is 0.661. The Labute approximate surface area is 94.9 Å². The Hall–Kier alpha value is -2.03. The second kappa shape index (κ2) is 4.66. The van der Waals surface area contributed by atoms with Crippen LogP contribution in [0.5, 0.6) is 5.75 Å². The largest absolute Gasteiger partial charge is 0.494 e. The van der Waals surface area contributed by atoms with Gasteiger partial charge in [-0.1, -0.05) is 12.1 Å². The molecule has 0 aliphatic rings. The summed E-state index contributed by atoms with van der Waals surface area (Å²) in [7, 11) is 0. The number of hydrogen-bond acceptors (Lipinski definition) is 3. The third-order valence-electron chi connectivity index (χ3n) is 2.22. The van der Waals surface area contributed by atoms with Gasteiger partial charge < -0.3 is 10.5 Å². The summed E-state index contributed by atoms with van der Waals surface area (Å²) >= 11 is 0. The van der Waals surface area contributed by atoms with Gasteiger partial charge in [-0.2, -0.15) is 0 Å². The van der Waals surface area contributed by atoms with Gasteiger partial charge in [-0.25, -0.2) is 0 Å². The molecular weight excluding hydrogens is 200 g/mol. The molecule has 3 heteroatoms. The van der Waals surface area contributed by atoms with Crippen molar-refractivity contribution in [3.05, 3.63) is 42.6 Å². The van der Waals surface area contributed by atoms with Crippen LogP contribution in [0.3, 0.4) is 0 Å². The fourth-order valence-corrected chi connectivity index (χ4v) is 1.52. The van der Waals surface area contributed by atoms with Gasteiger partial charge in [0.15, 0.2) is 0 Å². The van der Waals surface area contributed by atoms with Gasteiger partial charge in [0, 0.05) is 17.4 Å². The molecule has 0 bridgehead atoms. The first kappa shape index (κ1) is 10.5. The van der Waals surface area contributed by atoms with Gasteiger partial charge >= 0.3 is 0 Å². The molecule has 0 spiro atoms. The first-order chi connectivity index (χ1) is 7.79. The van der Waals surface area contributed by atoms with E-state index in [1.807, 2.05) is 37.3 Å². The molecule has 0 atom stereocenters. The molecule has 3 nitrogen and oxygen atoms in total. The quantitative estimate of drug-likeness (QED) is 0.854. The van der Waals surface area contributed by atoms with E-state index in [1.165, 1.54) is 0 Å². The Morgan fingerprint density at radius 3 is 2.88 bits per heavy atom. The van der Waals surface area contributed by atoms with E-state index >= 15 is 0 Å². The summed E-state index contributed by atoms with van der Waals surface area (Å²) in [5.41, 5.74) is 8.31. The lowest BCUT2D eigenvalue weighted by Crippen LogP contribution is -1.92. The topological polar surface area (TPSA) is 48.1 Å². The fraction of sp³-hybridized carbons (Fsp3) is 0.154. The molecule has 0 aliphatic heterocycles. The van der Waals surface area contributed by atoms with Crippen molar-refractivity contribution in [1.82, 2.24) is 4.98 Å². The van der Waals surface area contributed by atoms with E-state index in [1.54, 1.807) is 12.3 Å². The van der Waals surface area contributed by atoms with Crippen LogP contribution in [-0.4, -0.2) is 11.6 Å². The monoisotopic (exact) mass is 214 g/mol. The van der Waals surface area contributed by atoms with Crippen LogP contribution < -0.4 is 10.5 Å². The van der Waals surface area contributed by atoms with Crippen molar-refractivity contribution >= 4 is 5.69 Å². The number of aromatic nitrogens is 1. The number of nitrogens with two attached hydrogens (primary N) is 1. The average Bonchev–Trinajstić information content (AvgIpc) is 2.30. The van der Waals surface area contributed by atoms with Gasteiger partial charge in [-0.3, -0.25) is 4.98 Å². The maximum Gasteiger partial charge on any atom is 0.119 e. The Balaban J connectivity index is 2.36. The molecule has 1 heterocycles. The van der Waals surface area contributed by atoms with Crippen LogP contribution in [0.4, 0.5) is 5.69 Å². The molecule has 0 amide bonds. The van der Waals surface area contributed by atoms with Crippen molar-refractivity contribution < 1.29 is 4.74 Å². The molecule has 2 rings (SSSR count). The predicted octanol–water partition coefficient (Wildman–Crippen LogP) is 2.73. The summed E-state index contributed by atoms with van der Waals surface area (Å²) in [5.74, 6) is 0.851. The number of hydrogen-bond donors (Lipinski definition) is 1. The first-order valence-electron chi connectivity index (χ1n) is 5.24. The Kier molecular flexibility index (Phi) is 3.05. The molecule has 16 heavy (non-hydrogen) atoms. The summed E-state index contributed by atoms with van der Waals surface area (Å²) in [5, 5.41) is 0. The number of pyridine rings is 1. The third kappa shape index (κ3) is 2.31. The van der Waals surface area contributed by atoms with Gasteiger partial charge in [0.25, 0.3) is 0 Å². The van der Waals surface area contributed by atoms with Crippen LogP contribution in [0, 0.1) is 0 Å². The molecule has 82 valence electrons. The fourth-order valence-electron chi connectivity index (χ4n) is 1.52. The SMILES string of the molecule is CCOc1cccc(-c2cc(N)ccn2)c1. The zero-order chi connectivity index (χ0) is 11.4. The van der Waals surface area contributed by atoms with Crippen LogP contribution >= 0.6 is 0 Å².